The Kier molecular flexibility index (Phi) is 3.73. The fourth-order valence-electron chi connectivity index (χ4n) is 1.88. The van der Waals surface area contributed by atoms with Gasteiger partial charge in [0.1, 0.15) is 5.75 Å². The molecule has 18 heavy (non-hydrogen) atoms. The van der Waals surface area contributed by atoms with Gasteiger partial charge in [0.25, 0.3) is 0 Å². The molecular weight excluding hydrogens is 255 g/mol. The number of H-pyrrole nitrogens is 1. The minimum absolute atomic E-state index is 0.202. The minimum atomic E-state index is -4.54. The fraction of sp³-hybridized carbons (Fsp3) is 0.273. The van der Waals surface area contributed by atoms with E-state index in [0.717, 1.165) is 29.4 Å². The van der Waals surface area contributed by atoms with Crippen LogP contribution in [-0.4, -0.2) is 28.4 Å². The summed E-state index contributed by atoms with van der Waals surface area (Å²) in [4.78, 5) is 20.9. The smallest absolute Gasteiger partial charge is 0.404 e. The third-order valence-electron chi connectivity index (χ3n) is 2.61. The molecule has 6 nitrogen and oxygen atoms in total. The van der Waals surface area contributed by atoms with E-state index in [2.05, 4.69) is 10.3 Å². The number of hydrogen-bond donors (Lipinski definition) is 4. The maximum Gasteiger partial charge on any atom is 0.524 e. The van der Waals surface area contributed by atoms with Gasteiger partial charge in [-0.15, -0.1) is 0 Å². The highest BCUT2D eigenvalue weighted by Gasteiger charge is 2.19. The maximum absolute atomic E-state index is 10.9. The largest absolute Gasteiger partial charge is 0.524 e. The van der Waals surface area contributed by atoms with Gasteiger partial charge >= 0.3 is 7.82 Å². The zero-order chi connectivity index (χ0) is 13.2. The van der Waals surface area contributed by atoms with Crippen LogP contribution in [0.2, 0.25) is 0 Å². The molecule has 0 bridgehead atoms. The Hall–Kier alpha value is -1.33. The van der Waals surface area contributed by atoms with Crippen molar-refractivity contribution in [1.29, 1.82) is 0 Å². The zero-order valence-corrected chi connectivity index (χ0v) is 10.8. The quantitative estimate of drug-likeness (QED) is 0.616. The fourth-order valence-corrected chi connectivity index (χ4v) is 2.29. The van der Waals surface area contributed by atoms with Gasteiger partial charge in [-0.1, -0.05) is 6.07 Å². The van der Waals surface area contributed by atoms with Crippen LogP contribution in [0.15, 0.2) is 24.4 Å². The van der Waals surface area contributed by atoms with Crippen molar-refractivity contribution in [2.24, 2.45) is 0 Å². The lowest BCUT2D eigenvalue weighted by Crippen LogP contribution is -2.10. The van der Waals surface area contributed by atoms with Crippen molar-refractivity contribution in [2.45, 2.75) is 6.42 Å². The van der Waals surface area contributed by atoms with Gasteiger partial charge in [0.05, 0.1) is 0 Å². The van der Waals surface area contributed by atoms with Crippen molar-refractivity contribution in [1.82, 2.24) is 10.3 Å². The van der Waals surface area contributed by atoms with Crippen LogP contribution in [-0.2, 0) is 11.0 Å². The van der Waals surface area contributed by atoms with E-state index in [-0.39, 0.29) is 5.75 Å². The van der Waals surface area contributed by atoms with Crippen LogP contribution < -0.4 is 9.84 Å². The molecule has 98 valence electrons. The van der Waals surface area contributed by atoms with E-state index in [0.29, 0.717) is 0 Å². The third-order valence-corrected chi connectivity index (χ3v) is 3.05. The number of aromatic amines is 1. The van der Waals surface area contributed by atoms with Gasteiger partial charge in [0, 0.05) is 17.1 Å². The minimum Gasteiger partial charge on any atom is -0.404 e. The summed E-state index contributed by atoms with van der Waals surface area (Å²) in [7, 11) is -2.69. The standard InChI is InChI=1S/C11H15N2O4P/c1-12-6-5-8-7-13-9-3-2-4-10(11(8)9)17-18(14,15)16/h2-4,7,12-13H,5-6H2,1H3,(H2,14,15,16). The summed E-state index contributed by atoms with van der Waals surface area (Å²) in [6, 6.07) is 5.08. The molecule has 0 amide bonds. The molecule has 1 aromatic heterocycles. The number of phosphoric ester groups is 1. The second-order valence-corrected chi connectivity index (χ2v) is 5.09. The normalized spacial score (nSPS) is 11.9. The molecule has 0 saturated heterocycles. The molecule has 0 radical (unpaired) electrons. The topological polar surface area (TPSA) is 94.6 Å². The van der Waals surface area contributed by atoms with Crippen LogP contribution in [0, 0.1) is 0 Å². The van der Waals surface area contributed by atoms with Crippen LogP contribution in [0.5, 0.6) is 5.75 Å². The molecule has 0 fully saturated rings. The van der Waals surface area contributed by atoms with Crippen molar-refractivity contribution in [3.05, 3.63) is 30.0 Å². The second-order valence-electron chi connectivity index (χ2n) is 3.93. The molecule has 0 atom stereocenters. The van der Waals surface area contributed by atoms with Crippen LogP contribution in [0.25, 0.3) is 10.9 Å². The molecule has 0 unspecified atom stereocenters. The summed E-state index contributed by atoms with van der Waals surface area (Å²) < 4.78 is 15.7. The highest BCUT2D eigenvalue weighted by Crippen LogP contribution is 2.41. The monoisotopic (exact) mass is 270 g/mol. The lowest BCUT2D eigenvalue weighted by Gasteiger charge is -2.09. The average Bonchev–Trinajstić information content (AvgIpc) is 2.68. The second kappa shape index (κ2) is 5.12. The van der Waals surface area contributed by atoms with Crippen molar-refractivity contribution in [3.63, 3.8) is 0 Å². The molecule has 1 heterocycles. The number of rotatable bonds is 5. The number of phosphoric acid groups is 1. The third kappa shape index (κ3) is 2.91. The molecular formula is C11H15N2O4P. The van der Waals surface area contributed by atoms with Crippen LogP contribution in [0.1, 0.15) is 5.56 Å². The predicted molar refractivity (Wildman–Crippen MR) is 68.6 cm³/mol. The first-order chi connectivity index (χ1) is 8.51. The van der Waals surface area contributed by atoms with E-state index in [1.165, 1.54) is 0 Å². The molecule has 0 spiro atoms. The SMILES string of the molecule is CNCCc1c[nH]c2cccc(OP(=O)(O)O)c12. The molecule has 2 rings (SSSR count). The van der Waals surface area contributed by atoms with Gasteiger partial charge in [0.2, 0.25) is 0 Å². The number of benzene rings is 1. The van der Waals surface area contributed by atoms with Crippen molar-refractivity contribution < 1.29 is 18.9 Å². The molecule has 0 aliphatic heterocycles. The zero-order valence-electron chi connectivity index (χ0n) is 9.88. The van der Waals surface area contributed by atoms with E-state index in [1.54, 1.807) is 12.1 Å². The Morgan fingerprint density at radius 2 is 2.22 bits per heavy atom. The van der Waals surface area contributed by atoms with Gasteiger partial charge in [-0.25, -0.2) is 4.57 Å². The van der Waals surface area contributed by atoms with E-state index >= 15 is 0 Å². The summed E-state index contributed by atoms with van der Waals surface area (Å²) in [6.45, 7) is 0.775. The van der Waals surface area contributed by atoms with Crippen LogP contribution in [0.3, 0.4) is 0 Å². The first kappa shape index (κ1) is 13.1. The first-order valence-corrected chi connectivity index (χ1v) is 7.03. The van der Waals surface area contributed by atoms with E-state index < -0.39 is 7.82 Å². The molecule has 0 saturated carbocycles. The Balaban J connectivity index is 2.45. The summed E-state index contributed by atoms with van der Waals surface area (Å²) in [5.74, 6) is 0.202. The predicted octanol–water partition coefficient (Wildman–Crippen LogP) is 1.40. The first-order valence-electron chi connectivity index (χ1n) is 5.50. The highest BCUT2D eigenvalue weighted by molar-refractivity contribution is 7.46. The maximum atomic E-state index is 10.9. The van der Waals surface area contributed by atoms with Gasteiger partial charge in [-0.05, 0) is 37.7 Å². The molecule has 0 aliphatic carbocycles. The lowest BCUT2D eigenvalue weighted by molar-refractivity contribution is 0.284. The average molecular weight is 270 g/mol. The van der Waals surface area contributed by atoms with Crippen LogP contribution >= 0.6 is 7.82 Å². The summed E-state index contributed by atoms with van der Waals surface area (Å²) in [5, 5.41) is 3.75. The molecule has 4 N–H and O–H groups in total. The van der Waals surface area contributed by atoms with Crippen molar-refractivity contribution >= 4 is 18.7 Å². The Bertz CT molecular complexity index is 590. The molecule has 7 heteroatoms. The molecule has 0 aliphatic rings. The van der Waals surface area contributed by atoms with Gasteiger partial charge in [0.15, 0.2) is 0 Å². The summed E-state index contributed by atoms with van der Waals surface area (Å²) in [5.41, 5.74) is 1.76. The van der Waals surface area contributed by atoms with Crippen molar-refractivity contribution in [3.8, 4) is 5.75 Å². The number of fused-ring (bicyclic) bond motifs is 1. The number of nitrogens with one attached hydrogen (secondary N) is 2. The Labute approximate surface area is 104 Å². The summed E-state index contributed by atoms with van der Waals surface area (Å²) in [6.07, 6.45) is 2.58. The number of aromatic nitrogens is 1. The van der Waals surface area contributed by atoms with Crippen molar-refractivity contribution in [2.75, 3.05) is 13.6 Å². The summed E-state index contributed by atoms with van der Waals surface area (Å²) >= 11 is 0. The van der Waals surface area contributed by atoms with Gasteiger partial charge < -0.3 is 14.8 Å². The highest BCUT2D eigenvalue weighted by atomic mass is 31.2. The van der Waals surface area contributed by atoms with Gasteiger partial charge in [-0.3, -0.25) is 9.79 Å². The number of likely N-dealkylation sites (N-methyl/N-ethyl adjacent to an activating group) is 1. The molecule has 1 aromatic carbocycles. The van der Waals surface area contributed by atoms with E-state index in [9.17, 15) is 4.57 Å². The van der Waals surface area contributed by atoms with Gasteiger partial charge in [-0.2, -0.15) is 0 Å². The van der Waals surface area contributed by atoms with Crippen LogP contribution in [0.4, 0.5) is 0 Å². The Morgan fingerprint density at radius 3 is 2.89 bits per heavy atom. The molecule has 2 aromatic rings. The number of hydrogen-bond acceptors (Lipinski definition) is 3. The lowest BCUT2D eigenvalue weighted by atomic mass is 10.1. The Morgan fingerprint density at radius 1 is 1.44 bits per heavy atom. The van der Waals surface area contributed by atoms with E-state index in [1.807, 2.05) is 19.3 Å². The van der Waals surface area contributed by atoms with E-state index in [4.69, 9.17) is 14.3 Å².